The van der Waals surface area contributed by atoms with Crippen LogP contribution in [0.1, 0.15) is 50.2 Å². The molecule has 2 aliphatic heterocycles. The number of benzene rings is 1. The second-order valence-corrected chi connectivity index (χ2v) is 11.1. The Labute approximate surface area is 182 Å². The lowest BCUT2D eigenvalue weighted by molar-refractivity contribution is -0.126. The van der Waals surface area contributed by atoms with E-state index in [1.54, 1.807) is 12.1 Å². The van der Waals surface area contributed by atoms with Gasteiger partial charge in [-0.2, -0.15) is 4.31 Å². The Morgan fingerprint density at radius 3 is 2.37 bits per heavy atom. The predicted octanol–water partition coefficient (Wildman–Crippen LogP) is 2.94. The van der Waals surface area contributed by atoms with E-state index in [4.69, 9.17) is 0 Å². The molecule has 1 atom stereocenters. The Kier molecular flexibility index (Phi) is 7.93. The fourth-order valence-electron chi connectivity index (χ4n) is 4.45. The minimum Gasteiger partial charge on any atom is -0.356 e. The van der Waals surface area contributed by atoms with Crippen molar-refractivity contribution >= 4 is 15.9 Å². The Morgan fingerprint density at radius 1 is 1.07 bits per heavy atom. The van der Waals surface area contributed by atoms with E-state index in [0.717, 1.165) is 17.7 Å². The number of carbonyl (C=O) groups is 1. The van der Waals surface area contributed by atoms with Crippen molar-refractivity contribution in [1.82, 2.24) is 14.5 Å². The first-order valence-corrected chi connectivity index (χ1v) is 12.8. The third kappa shape index (κ3) is 5.83. The Balaban J connectivity index is 1.46. The molecule has 1 unspecified atom stereocenters. The molecule has 0 bridgehead atoms. The number of carbonyl (C=O) groups excluding carboxylic acids is 1. The largest absolute Gasteiger partial charge is 0.356 e. The molecular formula is C23H37N3O3S. The van der Waals surface area contributed by atoms with Crippen molar-refractivity contribution in [2.45, 2.75) is 57.8 Å². The van der Waals surface area contributed by atoms with Crippen LogP contribution in [0.3, 0.4) is 0 Å². The number of hydrogen-bond donors (Lipinski definition) is 1. The van der Waals surface area contributed by atoms with E-state index < -0.39 is 10.0 Å². The third-order valence-electron chi connectivity index (χ3n) is 6.58. The van der Waals surface area contributed by atoms with Gasteiger partial charge in [0, 0.05) is 32.1 Å². The van der Waals surface area contributed by atoms with Gasteiger partial charge in [0.25, 0.3) is 0 Å². The zero-order chi connectivity index (χ0) is 21.7. The van der Waals surface area contributed by atoms with Crippen molar-refractivity contribution in [3.8, 4) is 0 Å². The van der Waals surface area contributed by atoms with E-state index in [9.17, 15) is 13.2 Å². The van der Waals surface area contributed by atoms with Gasteiger partial charge in [0.15, 0.2) is 0 Å². The molecule has 2 heterocycles. The zero-order valence-corrected chi connectivity index (χ0v) is 19.5. The van der Waals surface area contributed by atoms with Crippen molar-refractivity contribution < 1.29 is 13.2 Å². The number of aryl methyl sites for hydroxylation is 2. The maximum Gasteiger partial charge on any atom is 0.243 e. The van der Waals surface area contributed by atoms with Gasteiger partial charge in [0.1, 0.15) is 0 Å². The molecule has 0 spiro atoms. The molecule has 2 aliphatic rings. The summed E-state index contributed by atoms with van der Waals surface area (Å²) in [4.78, 5) is 15.5. The normalized spacial score (nSPS) is 20.8. The maximum atomic E-state index is 13.0. The summed E-state index contributed by atoms with van der Waals surface area (Å²) in [7, 11) is -3.50. The van der Waals surface area contributed by atoms with E-state index in [1.165, 1.54) is 36.7 Å². The molecule has 0 aliphatic carbocycles. The van der Waals surface area contributed by atoms with Crippen LogP contribution in [0.4, 0.5) is 0 Å². The van der Waals surface area contributed by atoms with Crippen LogP contribution in [0.5, 0.6) is 0 Å². The number of amides is 1. The number of nitrogens with zero attached hydrogens (tertiary/aromatic N) is 2. The molecule has 1 N–H and O–H groups in total. The summed E-state index contributed by atoms with van der Waals surface area (Å²) >= 11 is 0. The molecule has 1 aromatic rings. The molecule has 0 saturated carbocycles. The maximum absolute atomic E-state index is 13.0. The summed E-state index contributed by atoms with van der Waals surface area (Å²) < 4.78 is 27.4. The number of piperidine rings is 2. The fraction of sp³-hybridized carbons (Fsp3) is 0.696. The lowest BCUT2D eigenvalue weighted by atomic mass is 9.97. The summed E-state index contributed by atoms with van der Waals surface area (Å²) in [6.07, 6.45) is 5.05. The summed E-state index contributed by atoms with van der Waals surface area (Å²) in [5, 5.41) is 3.11. The minimum atomic E-state index is -3.50. The van der Waals surface area contributed by atoms with Crippen LogP contribution in [-0.2, 0) is 14.8 Å². The van der Waals surface area contributed by atoms with Crippen molar-refractivity contribution in [2.24, 2.45) is 11.8 Å². The number of nitrogens with one attached hydrogen (secondary N) is 1. The first-order valence-electron chi connectivity index (χ1n) is 11.3. The Bertz CT molecular complexity index is 826. The SMILES string of the molecule is Cc1ccc(S(=O)(=O)N2CCC(C(=O)NCC(C)CN3CCCCC3)CC2)cc1C. The molecular weight excluding hydrogens is 398 g/mol. The summed E-state index contributed by atoms with van der Waals surface area (Å²) in [6.45, 7) is 11.0. The number of rotatable bonds is 7. The van der Waals surface area contributed by atoms with E-state index in [1.807, 2.05) is 19.9 Å². The average Bonchev–Trinajstić information content (AvgIpc) is 2.74. The minimum absolute atomic E-state index is 0.0729. The highest BCUT2D eigenvalue weighted by Crippen LogP contribution is 2.25. The van der Waals surface area contributed by atoms with Crippen LogP contribution in [0.15, 0.2) is 23.1 Å². The molecule has 2 fully saturated rings. The smallest absolute Gasteiger partial charge is 0.243 e. The van der Waals surface area contributed by atoms with Crippen LogP contribution in [0, 0.1) is 25.7 Å². The zero-order valence-electron chi connectivity index (χ0n) is 18.7. The van der Waals surface area contributed by atoms with Gasteiger partial charge in [-0.15, -0.1) is 0 Å². The molecule has 30 heavy (non-hydrogen) atoms. The number of hydrogen-bond acceptors (Lipinski definition) is 4. The van der Waals surface area contributed by atoms with E-state index in [0.29, 0.717) is 43.3 Å². The molecule has 2 saturated heterocycles. The number of likely N-dealkylation sites (tertiary alicyclic amines) is 1. The topological polar surface area (TPSA) is 69.7 Å². The van der Waals surface area contributed by atoms with Crippen molar-refractivity contribution in [2.75, 3.05) is 39.3 Å². The first-order chi connectivity index (χ1) is 14.3. The van der Waals surface area contributed by atoms with E-state index in [-0.39, 0.29) is 11.8 Å². The van der Waals surface area contributed by atoms with E-state index in [2.05, 4.69) is 17.1 Å². The first kappa shape index (κ1) is 23.2. The second kappa shape index (κ2) is 10.2. The summed E-state index contributed by atoms with van der Waals surface area (Å²) in [6, 6.07) is 5.28. The van der Waals surface area contributed by atoms with Gasteiger partial charge in [0.05, 0.1) is 4.90 Å². The molecule has 168 valence electrons. The summed E-state index contributed by atoms with van der Waals surface area (Å²) in [5.74, 6) is 0.402. The molecule has 1 amide bonds. The standard InChI is InChI=1S/C23H37N3O3S/c1-18(17-25-11-5-4-6-12-25)16-24-23(27)21-9-13-26(14-10-21)30(28,29)22-8-7-19(2)20(3)15-22/h7-8,15,18,21H,4-6,9-14,16-17H2,1-3H3,(H,24,27). The molecule has 0 radical (unpaired) electrons. The number of sulfonamides is 1. The quantitative estimate of drug-likeness (QED) is 0.715. The fourth-order valence-corrected chi connectivity index (χ4v) is 6.00. The molecule has 1 aromatic carbocycles. The highest BCUT2D eigenvalue weighted by molar-refractivity contribution is 7.89. The van der Waals surface area contributed by atoms with Crippen molar-refractivity contribution in [3.63, 3.8) is 0 Å². The highest BCUT2D eigenvalue weighted by atomic mass is 32.2. The van der Waals surface area contributed by atoms with Gasteiger partial charge < -0.3 is 10.2 Å². The van der Waals surface area contributed by atoms with Crippen LogP contribution in [0.25, 0.3) is 0 Å². The van der Waals surface area contributed by atoms with Crippen LogP contribution in [0.2, 0.25) is 0 Å². The summed E-state index contributed by atoms with van der Waals surface area (Å²) in [5.41, 5.74) is 2.06. The third-order valence-corrected chi connectivity index (χ3v) is 8.48. The van der Waals surface area contributed by atoms with E-state index >= 15 is 0 Å². The van der Waals surface area contributed by atoms with Crippen LogP contribution in [-0.4, -0.2) is 62.8 Å². The molecule has 0 aromatic heterocycles. The van der Waals surface area contributed by atoms with Gasteiger partial charge in [0.2, 0.25) is 15.9 Å². The van der Waals surface area contributed by atoms with Gasteiger partial charge in [-0.1, -0.05) is 19.4 Å². The average molecular weight is 436 g/mol. The van der Waals surface area contributed by atoms with Crippen molar-refractivity contribution in [3.05, 3.63) is 29.3 Å². The Hall–Kier alpha value is -1.44. The van der Waals surface area contributed by atoms with Crippen molar-refractivity contribution in [1.29, 1.82) is 0 Å². The van der Waals surface area contributed by atoms with Crippen LogP contribution >= 0.6 is 0 Å². The Morgan fingerprint density at radius 2 is 1.73 bits per heavy atom. The molecule has 3 rings (SSSR count). The van der Waals surface area contributed by atoms with Gasteiger partial charge in [-0.05, 0) is 81.8 Å². The van der Waals surface area contributed by atoms with Crippen LogP contribution < -0.4 is 5.32 Å². The van der Waals surface area contributed by atoms with Gasteiger partial charge in [-0.3, -0.25) is 4.79 Å². The highest BCUT2D eigenvalue weighted by Gasteiger charge is 2.32. The lowest BCUT2D eigenvalue weighted by Crippen LogP contribution is -2.44. The lowest BCUT2D eigenvalue weighted by Gasteiger charge is -2.31. The molecule has 6 nitrogen and oxygen atoms in total. The van der Waals surface area contributed by atoms with Gasteiger partial charge in [-0.25, -0.2) is 8.42 Å². The predicted molar refractivity (Wildman–Crippen MR) is 120 cm³/mol. The monoisotopic (exact) mass is 435 g/mol. The van der Waals surface area contributed by atoms with Gasteiger partial charge >= 0.3 is 0 Å². The molecule has 7 heteroatoms. The second-order valence-electron chi connectivity index (χ2n) is 9.14.